The molecule has 2 heterocycles. The number of nitrogens with zero attached hydrogens (tertiary/aromatic N) is 3. The maximum absolute atomic E-state index is 12.5. The van der Waals surface area contributed by atoms with E-state index in [4.69, 9.17) is 15.6 Å². The van der Waals surface area contributed by atoms with Crippen LogP contribution in [0.2, 0.25) is 0 Å². The number of furan rings is 1. The largest absolute Gasteiger partial charge is 0.492 e. The molecular formula is C20H20N4O3. The van der Waals surface area contributed by atoms with Crippen LogP contribution in [0.25, 0.3) is 0 Å². The van der Waals surface area contributed by atoms with E-state index in [1.807, 2.05) is 24.4 Å². The average Bonchev–Trinajstić information content (AvgIpc) is 3.36. The summed E-state index contributed by atoms with van der Waals surface area (Å²) in [6, 6.07) is 12.3. The first-order chi connectivity index (χ1) is 13.2. The van der Waals surface area contributed by atoms with Crippen molar-refractivity contribution in [1.29, 1.82) is 0 Å². The van der Waals surface area contributed by atoms with Gasteiger partial charge in [0.1, 0.15) is 18.1 Å². The summed E-state index contributed by atoms with van der Waals surface area (Å²) in [7, 11) is 0. The van der Waals surface area contributed by atoms with Crippen molar-refractivity contribution in [3.63, 3.8) is 0 Å². The first-order valence-corrected chi connectivity index (χ1v) is 8.46. The fraction of sp³-hybridized carbons (Fsp3) is 0.200. The van der Waals surface area contributed by atoms with Gasteiger partial charge < -0.3 is 19.4 Å². The van der Waals surface area contributed by atoms with Gasteiger partial charge in [-0.25, -0.2) is 4.79 Å². The van der Waals surface area contributed by atoms with Crippen molar-refractivity contribution in [2.24, 2.45) is 0 Å². The smallest absolute Gasteiger partial charge is 0.323 e. The number of benzene rings is 1. The molecule has 0 bridgehead atoms. The molecule has 7 nitrogen and oxygen atoms in total. The molecule has 1 aromatic carbocycles. The number of anilines is 1. The summed E-state index contributed by atoms with van der Waals surface area (Å²) >= 11 is 0. The highest BCUT2D eigenvalue weighted by atomic mass is 16.5. The van der Waals surface area contributed by atoms with Gasteiger partial charge in [-0.2, -0.15) is 5.10 Å². The van der Waals surface area contributed by atoms with Crippen LogP contribution in [0.5, 0.6) is 5.75 Å². The minimum atomic E-state index is -0.307. The lowest BCUT2D eigenvalue weighted by molar-refractivity contribution is 0.211. The molecule has 0 saturated carbocycles. The van der Waals surface area contributed by atoms with Gasteiger partial charge in [-0.15, -0.1) is 6.42 Å². The van der Waals surface area contributed by atoms with Gasteiger partial charge in [0.2, 0.25) is 0 Å². The van der Waals surface area contributed by atoms with E-state index in [2.05, 4.69) is 16.3 Å². The molecule has 3 rings (SSSR count). The summed E-state index contributed by atoms with van der Waals surface area (Å²) in [6.07, 6.45) is 10.5. The number of nitrogens with one attached hydrogen (secondary N) is 1. The van der Waals surface area contributed by atoms with Crippen LogP contribution in [0.3, 0.4) is 0 Å². The molecule has 138 valence electrons. The van der Waals surface area contributed by atoms with Crippen LogP contribution in [-0.2, 0) is 13.1 Å². The Bertz CT molecular complexity index is 882. The molecule has 0 unspecified atom stereocenters. The van der Waals surface area contributed by atoms with Crippen LogP contribution in [0.15, 0.2) is 65.5 Å². The highest BCUT2D eigenvalue weighted by Crippen LogP contribution is 2.18. The van der Waals surface area contributed by atoms with Gasteiger partial charge in [-0.1, -0.05) is 12.0 Å². The number of ether oxygens (including phenoxy) is 1. The quantitative estimate of drug-likeness (QED) is 0.623. The summed E-state index contributed by atoms with van der Waals surface area (Å²) in [5.74, 6) is 3.81. The first-order valence-electron chi connectivity index (χ1n) is 8.46. The highest BCUT2D eigenvalue weighted by molar-refractivity contribution is 5.89. The standard InChI is InChI=1S/C20H20N4O3/c1-2-10-23(16-19-8-4-13-26-19)20(25)22-17-6-3-7-18(15-17)27-14-12-24-11-5-9-21-24/h1,3-9,11,13,15H,10,12,14,16H2,(H,22,25). The number of urea groups is 1. The Morgan fingerprint density at radius 3 is 3.00 bits per heavy atom. The summed E-state index contributed by atoms with van der Waals surface area (Å²) in [5, 5.41) is 6.96. The molecule has 0 fully saturated rings. The van der Waals surface area contributed by atoms with E-state index in [9.17, 15) is 4.79 Å². The maximum atomic E-state index is 12.5. The number of aromatic nitrogens is 2. The molecule has 2 amide bonds. The predicted octanol–water partition coefficient (Wildman–Crippen LogP) is 3.22. The summed E-state index contributed by atoms with van der Waals surface area (Å²) in [6.45, 7) is 1.58. The van der Waals surface area contributed by atoms with Gasteiger partial charge in [-0.3, -0.25) is 4.68 Å². The molecule has 0 aliphatic carbocycles. The fourth-order valence-electron chi connectivity index (χ4n) is 2.46. The van der Waals surface area contributed by atoms with Gasteiger partial charge in [-0.05, 0) is 30.3 Å². The van der Waals surface area contributed by atoms with Crippen molar-refractivity contribution < 1.29 is 13.9 Å². The Morgan fingerprint density at radius 1 is 1.33 bits per heavy atom. The number of carbonyl (C=O) groups is 1. The second kappa shape index (κ2) is 9.15. The van der Waals surface area contributed by atoms with Gasteiger partial charge in [0.05, 0.1) is 25.9 Å². The van der Waals surface area contributed by atoms with E-state index < -0.39 is 0 Å². The van der Waals surface area contributed by atoms with Gasteiger partial charge in [0, 0.05) is 24.1 Å². The Hall–Kier alpha value is -3.66. The Morgan fingerprint density at radius 2 is 2.26 bits per heavy atom. The zero-order chi connectivity index (χ0) is 18.9. The van der Waals surface area contributed by atoms with Crippen LogP contribution in [0.1, 0.15) is 5.76 Å². The minimum absolute atomic E-state index is 0.173. The number of hydrogen-bond acceptors (Lipinski definition) is 4. The van der Waals surface area contributed by atoms with Crippen molar-refractivity contribution in [2.45, 2.75) is 13.1 Å². The van der Waals surface area contributed by atoms with Crippen molar-refractivity contribution in [3.8, 4) is 18.1 Å². The zero-order valence-electron chi connectivity index (χ0n) is 14.7. The number of rotatable bonds is 8. The molecule has 0 radical (unpaired) electrons. The molecule has 3 aromatic rings. The fourth-order valence-corrected chi connectivity index (χ4v) is 2.46. The van der Waals surface area contributed by atoms with Crippen molar-refractivity contribution >= 4 is 11.7 Å². The highest BCUT2D eigenvalue weighted by Gasteiger charge is 2.14. The second-order valence-corrected chi connectivity index (χ2v) is 5.72. The van der Waals surface area contributed by atoms with Crippen LogP contribution in [0, 0.1) is 12.3 Å². The molecular weight excluding hydrogens is 344 g/mol. The molecule has 0 aliphatic rings. The lowest BCUT2D eigenvalue weighted by Crippen LogP contribution is -2.34. The lowest BCUT2D eigenvalue weighted by atomic mass is 10.3. The van der Waals surface area contributed by atoms with Crippen molar-refractivity contribution in [3.05, 3.63) is 66.9 Å². The lowest BCUT2D eigenvalue weighted by Gasteiger charge is -2.20. The van der Waals surface area contributed by atoms with Crippen LogP contribution in [-0.4, -0.2) is 33.9 Å². The number of terminal acetylenes is 1. The Labute approximate surface area is 157 Å². The van der Waals surface area contributed by atoms with Crippen LogP contribution < -0.4 is 10.1 Å². The van der Waals surface area contributed by atoms with E-state index in [0.29, 0.717) is 36.9 Å². The van der Waals surface area contributed by atoms with E-state index >= 15 is 0 Å². The summed E-state index contributed by atoms with van der Waals surface area (Å²) < 4.78 is 12.8. The number of carbonyl (C=O) groups excluding carboxylic acids is 1. The molecule has 27 heavy (non-hydrogen) atoms. The topological polar surface area (TPSA) is 72.5 Å². The molecule has 0 saturated heterocycles. The normalized spacial score (nSPS) is 10.2. The molecule has 2 aromatic heterocycles. The van der Waals surface area contributed by atoms with Gasteiger partial charge in [0.15, 0.2) is 0 Å². The molecule has 0 aliphatic heterocycles. The third-order valence-electron chi connectivity index (χ3n) is 3.73. The maximum Gasteiger partial charge on any atom is 0.323 e. The minimum Gasteiger partial charge on any atom is -0.492 e. The predicted molar refractivity (Wildman–Crippen MR) is 101 cm³/mol. The van der Waals surface area contributed by atoms with E-state index in [1.54, 1.807) is 41.4 Å². The van der Waals surface area contributed by atoms with E-state index in [-0.39, 0.29) is 12.6 Å². The second-order valence-electron chi connectivity index (χ2n) is 5.72. The average molecular weight is 364 g/mol. The Kier molecular flexibility index (Phi) is 6.15. The zero-order valence-corrected chi connectivity index (χ0v) is 14.7. The SMILES string of the molecule is C#CCN(Cc1ccco1)C(=O)Nc1cccc(OCCn2cccn2)c1. The van der Waals surface area contributed by atoms with E-state index in [1.165, 1.54) is 4.90 Å². The van der Waals surface area contributed by atoms with Gasteiger partial charge in [0.25, 0.3) is 0 Å². The molecule has 1 N–H and O–H groups in total. The monoisotopic (exact) mass is 364 g/mol. The molecule has 7 heteroatoms. The van der Waals surface area contributed by atoms with Crippen molar-refractivity contribution in [1.82, 2.24) is 14.7 Å². The third kappa shape index (κ3) is 5.41. The first kappa shape index (κ1) is 18.1. The summed E-state index contributed by atoms with van der Waals surface area (Å²) in [5.41, 5.74) is 0.623. The van der Waals surface area contributed by atoms with Crippen LogP contribution in [0.4, 0.5) is 10.5 Å². The van der Waals surface area contributed by atoms with Crippen LogP contribution >= 0.6 is 0 Å². The third-order valence-corrected chi connectivity index (χ3v) is 3.73. The van der Waals surface area contributed by atoms with E-state index in [0.717, 1.165) is 0 Å². The molecule has 0 spiro atoms. The number of amides is 2. The Balaban J connectivity index is 1.56. The summed E-state index contributed by atoms with van der Waals surface area (Å²) in [4.78, 5) is 14.0. The van der Waals surface area contributed by atoms with Crippen molar-refractivity contribution in [2.75, 3.05) is 18.5 Å². The number of hydrogen-bond donors (Lipinski definition) is 1. The van der Waals surface area contributed by atoms with Gasteiger partial charge >= 0.3 is 6.03 Å². The molecule has 0 atom stereocenters.